The van der Waals surface area contributed by atoms with Crippen LogP contribution < -0.4 is 0 Å². The van der Waals surface area contributed by atoms with Crippen molar-refractivity contribution in [2.75, 3.05) is 0 Å². The summed E-state index contributed by atoms with van der Waals surface area (Å²) in [4.78, 5) is -0.156. The third-order valence-electron chi connectivity index (χ3n) is 16.3. The first kappa shape index (κ1) is 37.7. The second-order valence-electron chi connectivity index (χ2n) is 18.2. The first-order valence-electron chi connectivity index (χ1n) is 22.0. The first-order valence-corrected chi connectivity index (χ1v) is 27.6. The summed E-state index contributed by atoms with van der Waals surface area (Å²) in [6.45, 7) is 5.30. The van der Waals surface area contributed by atoms with Gasteiger partial charge in [-0.05, 0) is 0 Å². The first-order chi connectivity index (χ1) is 24.0. The molecule has 0 heterocycles. The molecule has 0 aromatic heterocycles. The van der Waals surface area contributed by atoms with Crippen molar-refractivity contribution in [3.63, 3.8) is 0 Å². The number of hydrogen-bond donors (Lipinski definition) is 0. The Morgan fingerprint density at radius 1 is 0.551 bits per heavy atom. The molecule has 1 unspecified atom stereocenters. The van der Waals surface area contributed by atoms with Gasteiger partial charge >= 0.3 is 315 Å². The van der Waals surface area contributed by atoms with E-state index in [9.17, 15) is 11.2 Å². The predicted molar refractivity (Wildman–Crippen MR) is 224 cm³/mol. The minimum atomic E-state index is -3.52. The number of allylic oxidation sites excluding steroid dienone is 1. The number of benzene rings is 1. The number of hydrogen-bond acceptors (Lipinski definition) is 0. The van der Waals surface area contributed by atoms with Crippen molar-refractivity contribution in [2.45, 2.75) is 230 Å². The molecule has 7 rings (SSSR count). The van der Waals surface area contributed by atoms with E-state index in [1.165, 1.54) is 180 Å². The molecule has 49 heavy (non-hydrogen) atoms. The Bertz CT molecular complexity index is 1130. The minimum absolute atomic E-state index is 0.156. The molecule has 6 aliphatic rings. The van der Waals surface area contributed by atoms with E-state index in [1.54, 1.807) is 5.56 Å². The summed E-state index contributed by atoms with van der Waals surface area (Å²) >= 11 is 19.2. The number of alkyl halides is 1. The molecule has 6 fully saturated rings. The van der Waals surface area contributed by atoms with Crippen LogP contribution in [0.3, 0.4) is 0 Å². The van der Waals surface area contributed by atoms with Gasteiger partial charge in [0.1, 0.15) is 0 Å². The number of rotatable bonds is 10. The Balaban J connectivity index is 1.68. The van der Waals surface area contributed by atoms with Crippen LogP contribution in [0.15, 0.2) is 43.0 Å². The Morgan fingerprint density at radius 3 is 1.27 bits per heavy atom. The molecule has 1 atom stereocenters. The van der Waals surface area contributed by atoms with Gasteiger partial charge in [0.2, 0.25) is 0 Å². The molecule has 0 amide bonds. The van der Waals surface area contributed by atoms with Crippen LogP contribution in [-0.2, 0) is 4.90 Å². The molecular weight excluding hydrogens is 673 g/mol. The van der Waals surface area contributed by atoms with E-state index in [4.69, 9.17) is 18.2 Å². The van der Waals surface area contributed by atoms with Crippen LogP contribution >= 0.6 is 36.1 Å². The summed E-state index contributed by atoms with van der Waals surface area (Å²) in [5.41, 5.74) is 5.29. The molecule has 0 aliphatic heterocycles. The van der Waals surface area contributed by atoms with E-state index in [-0.39, 0.29) is 9.51 Å². The van der Waals surface area contributed by atoms with Crippen molar-refractivity contribution < 1.29 is 0 Å². The van der Waals surface area contributed by atoms with Crippen LogP contribution in [0.4, 0.5) is 0 Å². The standard InChI is InChI=1S/C45H73Cl2P2/c1-2-45(38-24-10-3-11-25-38,48(39-26-12-4-13-27-39,40-28-14-5-15-29-40)41-30-16-6-17-31-41)49(47,42-32-18-7-19-33-42,43-34-20-8-21-35-43)44(46)36-22-9-23-37-44/h2-3,10-11,24-25,39-43H,1,4-9,12-23,26-37H2/q+1. The SMILES string of the molecule is C=CC(c1ccccc1)([P+](C1CCCCC1)(C1CCCCC1)C1CCCCC1)P(Cl)(C1CCCCC1)(C1CCCCC1)C1(Cl)CCCCC1. The van der Waals surface area contributed by atoms with Crippen LogP contribution in [0.2, 0.25) is 0 Å². The Hall–Kier alpha value is 0.400. The average Bonchev–Trinajstić information content (AvgIpc) is 3.19. The predicted octanol–water partition coefficient (Wildman–Crippen LogP) is 16.3. The molecule has 0 spiro atoms. The van der Waals surface area contributed by atoms with Gasteiger partial charge in [0, 0.05) is 0 Å². The van der Waals surface area contributed by atoms with Crippen molar-refractivity contribution in [2.24, 2.45) is 0 Å². The monoisotopic (exact) mass is 745 g/mol. The van der Waals surface area contributed by atoms with Crippen LogP contribution in [0.25, 0.3) is 0 Å². The molecule has 4 heteroatoms. The average molecular weight is 747 g/mol. The van der Waals surface area contributed by atoms with Crippen molar-refractivity contribution in [3.8, 4) is 0 Å². The van der Waals surface area contributed by atoms with Gasteiger partial charge in [-0.3, -0.25) is 0 Å². The summed E-state index contributed by atoms with van der Waals surface area (Å²) < 4.78 is -0.289. The maximum absolute atomic E-state index is 10.1. The molecule has 0 nitrogen and oxygen atoms in total. The second-order valence-corrected chi connectivity index (χ2v) is 31.6. The fraction of sp³-hybridized carbons (Fsp3) is 0.822. The fourth-order valence-electron chi connectivity index (χ4n) is 14.8. The maximum atomic E-state index is 10.1. The van der Waals surface area contributed by atoms with Gasteiger partial charge in [0.15, 0.2) is 0 Å². The molecule has 0 radical (unpaired) electrons. The van der Waals surface area contributed by atoms with Crippen LogP contribution in [0.5, 0.6) is 0 Å². The summed E-state index contributed by atoms with van der Waals surface area (Å²) in [6.07, 6.45) is 44.2. The van der Waals surface area contributed by atoms with Crippen molar-refractivity contribution in [1.82, 2.24) is 0 Å². The molecule has 6 saturated carbocycles. The van der Waals surface area contributed by atoms with E-state index >= 15 is 0 Å². The van der Waals surface area contributed by atoms with Gasteiger partial charge in [-0.2, -0.15) is 0 Å². The molecule has 0 saturated heterocycles. The summed E-state index contributed by atoms with van der Waals surface area (Å²) in [6, 6.07) is 12.4. The second kappa shape index (κ2) is 16.0. The van der Waals surface area contributed by atoms with E-state index in [0.29, 0.717) is 11.3 Å². The topological polar surface area (TPSA) is 0 Å². The van der Waals surface area contributed by atoms with E-state index in [1.807, 2.05) is 0 Å². The van der Waals surface area contributed by atoms with Gasteiger partial charge in [0.05, 0.1) is 0 Å². The van der Waals surface area contributed by atoms with E-state index < -0.39 is 13.2 Å². The normalized spacial score (nSPS) is 28.7. The zero-order chi connectivity index (χ0) is 33.9. The van der Waals surface area contributed by atoms with Crippen LogP contribution in [0.1, 0.15) is 198 Å². The van der Waals surface area contributed by atoms with Gasteiger partial charge in [-0.15, -0.1) is 0 Å². The number of halogens is 2. The van der Waals surface area contributed by atoms with Crippen molar-refractivity contribution in [1.29, 1.82) is 0 Å². The Labute approximate surface area is 313 Å². The Morgan fingerprint density at radius 2 is 0.898 bits per heavy atom. The zero-order valence-corrected chi connectivity index (χ0v) is 34.7. The van der Waals surface area contributed by atoms with Gasteiger partial charge in [0.25, 0.3) is 0 Å². The van der Waals surface area contributed by atoms with Gasteiger partial charge in [-0.1, -0.05) is 0 Å². The molecule has 1 aromatic rings. The molecule has 6 aliphatic carbocycles. The molecule has 1 aromatic carbocycles. The summed E-state index contributed by atoms with van der Waals surface area (Å²) in [5, 5.41) is 0. The van der Waals surface area contributed by atoms with Gasteiger partial charge in [-0.25, -0.2) is 0 Å². The van der Waals surface area contributed by atoms with E-state index in [0.717, 1.165) is 29.8 Å². The third kappa shape index (κ3) is 5.77. The van der Waals surface area contributed by atoms with Gasteiger partial charge < -0.3 is 0 Å². The zero-order valence-electron chi connectivity index (χ0n) is 31.4. The molecule has 0 N–H and O–H groups in total. The Kier molecular flexibility index (Phi) is 12.3. The van der Waals surface area contributed by atoms with Crippen LogP contribution in [-0.4, -0.2) is 32.9 Å². The summed E-state index contributed by atoms with van der Waals surface area (Å²) in [5.74, 6) is -3.52. The van der Waals surface area contributed by atoms with Crippen LogP contribution in [0, 0.1) is 0 Å². The summed E-state index contributed by atoms with van der Waals surface area (Å²) in [7, 11) is -1.89. The van der Waals surface area contributed by atoms with Crippen molar-refractivity contribution in [3.05, 3.63) is 48.6 Å². The molecular formula is C45H73Cl2P2+. The van der Waals surface area contributed by atoms with E-state index in [2.05, 4.69) is 36.4 Å². The third-order valence-corrected chi connectivity index (χ3v) is 38.7. The van der Waals surface area contributed by atoms with Crippen molar-refractivity contribution >= 4 is 36.1 Å². The molecule has 276 valence electrons. The molecule has 0 bridgehead atoms. The fourth-order valence-corrected chi connectivity index (χ4v) is 42.3. The quantitative estimate of drug-likeness (QED) is 0.127.